The van der Waals surface area contributed by atoms with Crippen LogP contribution in [-0.4, -0.2) is 33.0 Å². The van der Waals surface area contributed by atoms with E-state index < -0.39 is 36.0 Å². The normalized spacial score (nSPS) is 21.4. The summed E-state index contributed by atoms with van der Waals surface area (Å²) < 4.78 is 63.0. The predicted molar refractivity (Wildman–Crippen MR) is 99.2 cm³/mol. The van der Waals surface area contributed by atoms with Crippen LogP contribution in [0.25, 0.3) is 10.9 Å². The highest BCUT2D eigenvalue weighted by atomic mass is 19.4. The molecule has 0 radical (unpaired) electrons. The molecule has 29 heavy (non-hydrogen) atoms. The van der Waals surface area contributed by atoms with E-state index in [1.165, 1.54) is 35.2 Å². The molecule has 3 heterocycles. The molecule has 8 heteroatoms. The third-order valence-corrected chi connectivity index (χ3v) is 5.72. The molecule has 4 nitrogen and oxygen atoms in total. The largest absolute Gasteiger partial charge is 0.493 e. The maximum Gasteiger partial charge on any atom is 0.418 e. The molecule has 1 aliphatic heterocycles. The molecule has 0 bridgehead atoms. The number of fused-ring (bicyclic) bond motifs is 2. The minimum absolute atomic E-state index is 0.196. The molecule has 154 valence electrons. The van der Waals surface area contributed by atoms with E-state index >= 15 is 0 Å². The Bertz CT molecular complexity index is 1050. The predicted octanol–water partition coefficient (Wildman–Crippen LogP) is 4.60. The number of aromatic nitrogens is 2. The van der Waals surface area contributed by atoms with Crippen molar-refractivity contribution in [3.8, 4) is 5.75 Å². The lowest BCUT2D eigenvalue weighted by Crippen LogP contribution is -2.53. The second-order valence-corrected chi connectivity index (χ2v) is 7.88. The molecule has 0 aliphatic carbocycles. The number of hydrogen-bond donors (Lipinski definition) is 1. The Morgan fingerprint density at radius 3 is 2.79 bits per heavy atom. The summed E-state index contributed by atoms with van der Waals surface area (Å²) in [4.78, 5) is 3.96. The van der Waals surface area contributed by atoms with E-state index in [2.05, 4.69) is 4.98 Å². The summed E-state index contributed by atoms with van der Waals surface area (Å²) in [6.07, 6.45) is -0.720. The second kappa shape index (κ2) is 6.73. The molecule has 0 amide bonds. The van der Waals surface area contributed by atoms with Gasteiger partial charge >= 0.3 is 6.18 Å². The van der Waals surface area contributed by atoms with Gasteiger partial charge in [-0.1, -0.05) is 6.92 Å². The van der Waals surface area contributed by atoms with Crippen molar-refractivity contribution in [1.29, 1.82) is 0 Å². The molecule has 1 aromatic carbocycles. The molecule has 0 spiro atoms. The lowest BCUT2D eigenvalue weighted by atomic mass is 9.70. The summed E-state index contributed by atoms with van der Waals surface area (Å²) in [6.45, 7) is 1.13. The first-order valence-corrected chi connectivity index (χ1v) is 9.22. The molecule has 2 unspecified atom stereocenters. The van der Waals surface area contributed by atoms with Crippen LogP contribution >= 0.6 is 0 Å². The Labute approximate surface area is 164 Å². The van der Waals surface area contributed by atoms with E-state index in [1.807, 2.05) is 0 Å². The molecule has 3 aromatic rings. The van der Waals surface area contributed by atoms with Crippen molar-refractivity contribution >= 4 is 10.9 Å². The molecule has 0 fully saturated rings. The Balaban J connectivity index is 1.74. The second-order valence-electron chi connectivity index (χ2n) is 7.88. The van der Waals surface area contributed by atoms with Gasteiger partial charge in [-0.05, 0) is 43.2 Å². The van der Waals surface area contributed by atoms with Gasteiger partial charge in [-0.25, -0.2) is 4.39 Å². The van der Waals surface area contributed by atoms with Crippen molar-refractivity contribution < 1.29 is 27.4 Å². The number of alkyl halides is 3. The number of pyridine rings is 1. The molecule has 2 atom stereocenters. The average molecular weight is 408 g/mol. The monoisotopic (exact) mass is 408 g/mol. The fraction of sp³-hybridized carbons (Fsp3) is 0.381. The SMILES string of the molecule is CC1(CC(O)(Cn2ccc3cnccc32)C(F)(F)F)CCOc2ccc(F)cc21. The molecular weight excluding hydrogens is 388 g/mol. The van der Waals surface area contributed by atoms with Gasteiger partial charge in [-0.2, -0.15) is 13.2 Å². The standard InChI is InChI=1S/C21H20F4N2O2/c1-19(6-9-29-18-3-2-15(22)10-16(18)19)12-20(28,21(23,24)25)13-27-8-5-14-11-26-7-4-17(14)27/h2-5,7-8,10-11,28H,6,9,12-13H2,1H3. The highest BCUT2D eigenvalue weighted by Gasteiger charge is 2.57. The van der Waals surface area contributed by atoms with E-state index in [9.17, 15) is 22.7 Å². The van der Waals surface area contributed by atoms with Gasteiger partial charge in [-0.15, -0.1) is 0 Å². The number of nitrogens with zero attached hydrogens (tertiary/aromatic N) is 2. The Morgan fingerprint density at radius 2 is 2.03 bits per heavy atom. The van der Waals surface area contributed by atoms with Gasteiger partial charge in [0.2, 0.25) is 0 Å². The molecular formula is C21H20F4N2O2. The zero-order valence-electron chi connectivity index (χ0n) is 15.7. The van der Waals surface area contributed by atoms with Crippen molar-refractivity contribution in [2.45, 2.75) is 43.5 Å². The first-order valence-electron chi connectivity index (χ1n) is 9.22. The quantitative estimate of drug-likeness (QED) is 0.642. The molecule has 1 aliphatic rings. The van der Waals surface area contributed by atoms with E-state index in [0.29, 0.717) is 22.2 Å². The van der Waals surface area contributed by atoms with Crippen molar-refractivity contribution in [2.24, 2.45) is 0 Å². The zero-order chi connectivity index (χ0) is 20.9. The molecule has 2 aromatic heterocycles. The van der Waals surface area contributed by atoms with Crippen LogP contribution in [0.15, 0.2) is 48.9 Å². The van der Waals surface area contributed by atoms with Gasteiger partial charge in [0.25, 0.3) is 0 Å². The smallest absolute Gasteiger partial charge is 0.418 e. The molecule has 0 saturated carbocycles. The Kier molecular flexibility index (Phi) is 4.57. The van der Waals surface area contributed by atoms with Crippen molar-refractivity contribution in [3.05, 3.63) is 60.3 Å². The van der Waals surface area contributed by atoms with Gasteiger partial charge in [0.15, 0.2) is 5.60 Å². The summed E-state index contributed by atoms with van der Waals surface area (Å²) in [5.41, 5.74) is -3.23. The van der Waals surface area contributed by atoms with Gasteiger partial charge in [0, 0.05) is 35.0 Å². The first kappa shape index (κ1) is 19.7. The van der Waals surface area contributed by atoms with Crippen LogP contribution in [0, 0.1) is 5.82 Å². The van der Waals surface area contributed by atoms with Gasteiger partial charge < -0.3 is 14.4 Å². The van der Waals surface area contributed by atoms with E-state index in [0.717, 1.165) is 0 Å². The van der Waals surface area contributed by atoms with Crippen LogP contribution in [0.4, 0.5) is 17.6 Å². The minimum Gasteiger partial charge on any atom is -0.493 e. The van der Waals surface area contributed by atoms with Crippen molar-refractivity contribution in [3.63, 3.8) is 0 Å². The maximum absolute atomic E-state index is 14.1. The summed E-state index contributed by atoms with van der Waals surface area (Å²) in [7, 11) is 0. The summed E-state index contributed by atoms with van der Waals surface area (Å²) in [5, 5.41) is 11.6. The molecule has 1 N–H and O–H groups in total. The van der Waals surface area contributed by atoms with E-state index in [1.54, 1.807) is 25.3 Å². The lowest BCUT2D eigenvalue weighted by Gasteiger charge is -2.42. The van der Waals surface area contributed by atoms with Crippen LogP contribution in [0.5, 0.6) is 5.75 Å². The summed E-state index contributed by atoms with van der Waals surface area (Å²) >= 11 is 0. The number of rotatable bonds is 4. The fourth-order valence-corrected chi connectivity index (χ4v) is 4.16. The average Bonchev–Trinajstić information content (AvgIpc) is 3.04. The minimum atomic E-state index is -4.88. The number of benzene rings is 1. The van der Waals surface area contributed by atoms with Crippen LogP contribution < -0.4 is 4.74 Å². The fourth-order valence-electron chi connectivity index (χ4n) is 4.16. The first-order chi connectivity index (χ1) is 13.6. The third kappa shape index (κ3) is 3.46. The van der Waals surface area contributed by atoms with E-state index in [4.69, 9.17) is 4.74 Å². The van der Waals surface area contributed by atoms with Crippen molar-refractivity contribution in [2.75, 3.05) is 6.61 Å². The maximum atomic E-state index is 14.1. The van der Waals surface area contributed by atoms with Crippen LogP contribution in [-0.2, 0) is 12.0 Å². The number of halogens is 4. The number of ether oxygens (including phenoxy) is 1. The van der Waals surface area contributed by atoms with Gasteiger partial charge in [-0.3, -0.25) is 4.98 Å². The summed E-state index contributed by atoms with van der Waals surface area (Å²) in [6, 6.07) is 7.08. The highest BCUT2D eigenvalue weighted by Crippen LogP contribution is 2.48. The molecule has 0 saturated heterocycles. The lowest BCUT2D eigenvalue weighted by molar-refractivity contribution is -0.272. The highest BCUT2D eigenvalue weighted by molar-refractivity contribution is 5.78. The van der Waals surface area contributed by atoms with Gasteiger partial charge in [0.05, 0.1) is 18.7 Å². The number of aliphatic hydroxyl groups is 1. The third-order valence-electron chi connectivity index (χ3n) is 5.72. The van der Waals surface area contributed by atoms with E-state index in [-0.39, 0.29) is 13.0 Å². The topological polar surface area (TPSA) is 47.3 Å². The van der Waals surface area contributed by atoms with Crippen LogP contribution in [0.1, 0.15) is 25.3 Å². The Morgan fingerprint density at radius 1 is 1.24 bits per heavy atom. The Hall–Kier alpha value is -2.61. The van der Waals surface area contributed by atoms with Crippen LogP contribution in [0.2, 0.25) is 0 Å². The van der Waals surface area contributed by atoms with Gasteiger partial charge in [0.1, 0.15) is 11.6 Å². The van der Waals surface area contributed by atoms with Crippen molar-refractivity contribution in [1.82, 2.24) is 9.55 Å². The van der Waals surface area contributed by atoms with Crippen LogP contribution in [0.3, 0.4) is 0 Å². The zero-order valence-corrected chi connectivity index (χ0v) is 15.7. The summed E-state index contributed by atoms with van der Waals surface area (Å²) in [5.74, 6) is -0.206. The molecule has 4 rings (SSSR count). The number of hydrogen-bond acceptors (Lipinski definition) is 3.